The van der Waals surface area contributed by atoms with Crippen LogP contribution in [-0.2, 0) is 4.74 Å². The highest BCUT2D eigenvalue weighted by Gasteiger charge is 2.83. The minimum Gasteiger partial charge on any atom is -0.388 e. The molecule has 0 radical (unpaired) electrons. The van der Waals surface area contributed by atoms with Crippen LogP contribution < -0.4 is 0 Å². The van der Waals surface area contributed by atoms with E-state index in [1.54, 1.807) is 0 Å². The van der Waals surface area contributed by atoms with Gasteiger partial charge in [0.25, 0.3) is 0 Å². The average Bonchev–Trinajstić information content (AvgIpc) is 3.08. The van der Waals surface area contributed by atoms with Crippen molar-refractivity contribution in [1.29, 1.82) is 0 Å². The van der Waals surface area contributed by atoms with Crippen LogP contribution in [0.3, 0.4) is 0 Å². The molecule has 6 fully saturated rings. The Balaban J connectivity index is 1.37. The zero-order valence-electron chi connectivity index (χ0n) is 24.8. The lowest BCUT2D eigenvalue weighted by Gasteiger charge is -2.65. The molecular weight excluding hydrogens is 428 g/mol. The Morgan fingerprint density at radius 1 is 0.771 bits per heavy atom. The fourth-order valence-corrected chi connectivity index (χ4v) is 13.5. The van der Waals surface area contributed by atoms with E-state index in [1.165, 1.54) is 44.9 Å². The molecule has 0 amide bonds. The van der Waals surface area contributed by atoms with E-state index in [0.717, 1.165) is 36.5 Å². The van der Waals surface area contributed by atoms with Crippen LogP contribution in [0.1, 0.15) is 127 Å². The summed E-state index contributed by atoms with van der Waals surface area (Å²) in [5.74, 6) is 4.79. The van der Waals surface area contributed by atoms with Gasteiger partial charge in [-0.3, -0.25) is 0 Å². The molecule has 35 heavy (non-hydrogen) atoms. The molecule has 2 heteroatoms. The highest BCUT2D eigenvalue weighted by atomic mass is 16.5. The van der Waals surface area contributed by atoms with Gasteiger partial charge in [-0.15, -0.1) is 0 Å². The van der Waals surface area contributed by atoms with Crippen molar-refractivity contribution in [2.24, 2.45) is 62.6 Å². The topological polar surface area (TPSA) is 29.5 Å². The highest BCUT2D eigenvalue weighted by molar-refractivity contribution is 5.32. The quantitative estimate of drug-likeness (QED) is 0.427. The molecule has 0 bridgehead atoms. The molecule has 5 saturated carbocycles. The minimum atomic E-state index is -0.750. The van der Waals surface area contributed by atoms with E-state index in [0.29, 0.717) is 38.9 Å². The molecule has 6 aliphatic rings. The first-order valence-electron chi connectivity index (χ1n) is 15.4. The Labute approximate surface area is 216 Å². The molecule has 2 unspecified atom stereocenters. The second kappa shape index (κ2) is 6.91. The van der Waals surface area contributed by atoms with Gasteiger partial charge in [-0.05, 0) is 141 Å². The molecular formula is C33H56O2. The van der Waals surface area contributed by atoms with Gasteiger partial charge in [-0.2, -0.15) is 0 Å². The predicted molar refractivity (Wildman–Crippen MR) is 144 cm³/mol. The van der Waals surface area contributed by atoms with Gasteiger partial charge in [0.1, 0.15) is 0 Å². The van der Waals surface area contributed by atoms with Gasteiger partial charge < -0.3 is 9.84 Å². The fraction of sp³-hybridized carbons (Fsp3) is 1.00. The lowest BCUT2D eigenvalue weighted by molar-refractivity contribution is -0.196. The normalized spacial score (nSPS) is 60.9. The number of fused-ring (bicyclic) bond motifs is 2. The zero-order valence-corrected chi connectivity index (χ0v) is 24.8. The van der Waals surface area contributed by atoms with Crippen molar-refractivity contribution in [3.05, 3.63) is 0 Å². The summed E-state index contributed by atoms with van der Waals surface area (Å²) in [6.07, 6.45) is 12.2. The molecule has 0 aromatic carbocycles. The third kappa shape index (κ3) is 2.81. The largest absolute Gasteiger partial charge is 0.388 e. The second-order valence-corrected chi connectivity index (χ2v) is 17.1. The van der Waals surface area contributed by atoms with Gasteiger partial charge in [0.15, 0.2) is 0 Å². The third-order valence-corrected chi connectivity index (χ3v) is 15.0. The van der Waals surface area contributed by atoms with Gasteiger partial charge in [-0.25, -0.2) is 0 Å². The Bertz CT molecular complexity index is 901. The fourth-order valence-electron chi connectivity index (χ4n) is 13.5. The van der Waals surface area contributed by atoms with Crippen LogP contribution in [0, 0.1) is 62.6 Å². The SMILES string of the molecule is C[C@H]1C[C@@]2(C)C3C[C@H](C)[C@H]4C(C)(C)[C@@H](C)CC[C@@]45CC35CC[C@]2(C)[C@H]1[C@@]1(C)CC[C@@H](C(C)(C)O)O1. The molecule has 5 aliphatic carbocycles. The van der Waals surface area contributed by atoms with Gasteiger partial charge in [0.05, 0.1) is 17.3 Å². The van der Waals surface area contributed by atoms with E-state index in [9.17, 15) is 5.11 Å². The van der Waals surface area contributed by atoms with Gasteiger partial charge in [-0.1, -0.05) is 48.5 Å². The van der Waals surface area contributed by atoms with Gasteiger partial charge >= 0.3 is 0 Å². The van der Waals surface area contributed by atoms with Crippen molar-refractivity contribution in [2.45, 2.75) is 144 Å². The molecule has 1 aliphatic heterocycles. The van der Waals surface area contributed by atoms with Crippen LogP contribution in [-0.4, -0.2) is 22.4 Å². The number of hydrogen-bond donors (Lipinski definition) is 1. The smallest absolute Gasteiger partial charge is 0.0865 e. The van der Waals surface area contributed by atoms with E-state index >= 15 is 0 Å². The van der Waals surface area contributed by atoms with Crippen molar-refractivity contribution >= 4 is 0 Å². The number of rotatable bonds is 2. The lowest BCUT2D eigenvalue weighted by Crippen LogP contribution is -2.60. The minimum absolute atomic E-state index is 0.0290. The van der Waals surface area contributed by atoms with E-state index in [-0.39, 0.29) is 11.7 Å². The Kier molecular flexibility index (Phi) is 4.98. The summed E-state index contributed by atoms with van der Waals surface area (Å²) in [6.45, 7) is 24.8. The predicted octanol–water partition coefficient (Wildman–Crippen LogP) is 8.26. The van der Waals surface area contributed by atoms with E-state index in [1.807, 2.05) is 13.8 Å². The van der Waals surface area contributed by atoms with Crippen LogP contribution in [0.4, 0.5) is 0 Å². The van der Waals surface area contributed by atoms with Crippen molar-refractivity contribution in [3.63, 3.8) is 0 Å². The van der Waals surface area contributed by atoms with Crippen molar-refractivity contribution in [2.75, 3.05) is 0 Å². The Hall–Kier alpha value is -0.0800. The molecule has 200 valence electrons. The van der Waals surface area contributed by atoms with Gasteiger partial charge in [0.2, 0.25) is 0 Å². The zero-order chi connectivity index (χ0) is 25.6. The number of hydrogen-bond acceptors (Lipinski definition) is 2. The van der Waals surface area contributed by atoms with E-state index in [4.69, 9.17) is 4.74 Å². The van der Waals surface area contributed by atoms with Gasteiger partial charge in [0, 0.05) is 0 Å². The summed E-state index contributed by atoms with van der Waals surface area (Å²) in [5, 5.41) is 10.8. The molecule has 0 aromatic heterocycles. The van der Waals surface area contributed by atoms with Crippen molar-refractivity contribution in [3.8, 4) is 0 Å². The summed E-state index contributed by atoms with van der Waals surface area (Å²) in [5.41, 5.74) is 1.63. The summed E-state index contributed by atoms with van der Waals surface area (Å²) >= 11 is 0. The molecule has 12 atom stereocenters. The molecule has 6 rings (SSSR count). The second-order valence-electron chi connectivity index (χ2n) is 17.1. The molecule has 0 aromatic rings. The van der Waals surface area contributed by atoms with Crippen LogP contribution in [0.2, 0.25) is 0 Å². The van der Waals surface area contributed by atoms with Crippen LogP contribution in [0.5, 0.6) is 0 Å². The maximum atomic E-state index is 10.8. The van der Waals surface area contributed by atoms with E-state index in [2.05, 4.69) is 55.4 Å². The lowest BCUT2D eigenvalue weighted by atomic mass is 9.39. The summed E-state index contributed by atoms with van der Waals surface area (Å²) in [7, 11) is 0. The molecule has 2 spiro atoms. The first-order chi connectivity index (χ1) is 16.0. The Morgan fingerprint density at radius 3 is 2.09 bits per heavy atom. The number of aliphatic hydroxyl groups is 1. The summed E-state index contributed by atoms with van der Waals surface area (Å²) < 4.78 is 6.89. The maximum Gasteiger partial charge on any atom is 0.0865 e. The third-order valence-electron chi connectivity index (χ3n) is 15.0. The molecule has 1 saturated heterocycles. The standard InChI is InChI=1S/C33H56O2/c1-20-17-23-30(9)18-21(2)26(31(10)13-12-24(35-31)28(6,7)34)29(30,8)15-16-32(23)19-33(32)14-11-22(3)27(4,5)25(20)33/h20-26,34H,11-19H2,1-10H3/t20-,21-,22-,23?,24-,25-,26-,29+,30-,31+,32?,33+/m0/s1. The van der Waals surface area contributed by atoms with Crippen molar-refractivity contribution < 1.29 is 9.84 Å². The average molecular weight is 485 g/mol. The van der Waals surface area contributed by atoms with Crippen molar-refractivity contribution in [1.82, 2.24) is 0 Å². The van der Waals surface area contributed by atoms with Crippen LogP contribution in [0.15, 0.2) is 0 Å². The summed E-state index contributed by atoms with van der Waals surface area (Å²) in [6, 6.07) is 0. The summed E-state index contributed by atoms with van der Waals surface area (Å²) in [4.78, 5) is 0. The molecule has 2 nitrogen and oxygen atoms in total. The Morgan fingerprint density at radius 2 is 1.46 bits per heavy atom. The molecule has 1 heterocycles. The molecule has 1 N–H and O–H groups in total. The highest BCUT2D eigenvalue weighted by Crippen LogP contribution is 2.90. The van der Waals surface area contributed by atoms with Crippen LogP contribution in [0.25, 0.3) is 0 Å². The maximum absolute atomic E-state index is 10.8. The van der Waals surface area contributed by atoms with Crippen LogP contribution >= 0.6 is 0 Å². The number of ether oxygens (including phenoxy) is 1. The first kappa shape index (κ1) is 25.2. The monoisotopic (exact) mass is 484 g/mol. The van der Waals surface area contributed by atoms with E-state index < -0.39 is 5.60 Å². The first-order valence-corrected chi connectivity index (χ1v) is 15.4.